The molecule has 0 radical (unpaired) electrons. The molecular weight excluding hydrogens is 268 g/mol. The molecule has 0 aliphatic carbocycles. The fourth-order valence-electron chi connectivity index (χ4n) is 2.48. The third-order valence-corrected chi connectivity index (χ3v) is 5.11. The molecule has 20 heavy (non-hydrogen) atoms. The smallest absolute Gasteiger partial charge is 0.253 e. The second kappa shape index (κ2) is 4.85. The molecule has 0 atom stereocenters. The van der Waals surface area contributed by atoms with Gasteiger partial charge in [0.25, 0.3) is 5.91 Å². The average molecular weight is 288 g/mol. The summed E-state index contributed by atoms with van der Waals surface area (Å²) in [5.41, 5.74) is 1.85. The molecular formula is C16H20N2OS. The van der Waals surface area contributed by atoms with Gasteiger partial charge in [-0.05, 0) is 31.0 Å². The molecule has 0 N–H and O–H groups in total. The van der Waals surface area contributed by atoms with Crippen LogP contribution in [0.25, 0.3) is 10.2 Å². The lowest BCUT2D eigenvalue weighted by atomic mass is 9.98. The summed E-state index contributed by atoms with van der Waals surface area (Å²) in [7, 11) is 0. The molecule has 1 aliphatic rings. The zero-order chi connectivity index (χ0) is 14.3. The normalized spacial score (nSPS) is 16.1. The van der Waals surface area contributed by atoms with E-state index < -0.39 is 0 Å². The van der Waals surface area contributed by atoms with Crippen molar-refractivity contribution in [3.8, 4) is 0 Å². The number of carbonyl (C=O) groups excluding carboxylic acids is 1. The molecule has 3 nitrogen and oxygen atoms in total. The van der Waals surface area contributed by atoms with Gasteiger partial charge in [-0.25, -0.2) is 4.98 Å². The predicted molar refractivity (Wildman–Crippen MR) is 83.5 cm³/mol. The van der Waals surface area contributed by atoms with Gasteiger partial charge in [0.15, 0.2) is 0 Å². The molecule has 0 bridgehead atoms. The number of hydrogen-bond acceptors (Lipinski definition) is 3. The summed E-state index contributed by atoms with van der Waals surface area (Å²) in [6.45, 7) is 8.29. The third-order valence-electron chi connectivity index (χ3n) is 3.67. The van der Waals surface area contributed by atoms with Gasteiger partial charge < -0.3 is 4.90 Å². The van der Waals surface area contributed by atoms with Gasteiger partial charge in [0, 0.05) is 24.1 Å². The van der Waals surface area contributed by atoms with Gasteiger partial charge in [-0.1, -0.05) is 20.8 Å². The highest BCUT2D eigenvalue weighted by Gasteiger charge is 2.22. The van der Waals surface area contributed by atoms with Gasteiger partial charge in [-0.3, -0.25) is 4.79 Å². The Hall–Kier alpha value is -1.42. The lowest BCUT2D eigenvalue weighted by molar-refractivity contribution is 0.0793. The maximum atomic E-state index is 12.4. The van der Waals surface area contributed by atoms with E-state index in [2.05, 4.69) is 25.8 Å². The average Bonchev–Trinajstić information content (AvgIpc) is 3.05. The Balaban J connectivity index is 1.96. The van der Waals surface area contributed by atoms with Gasteiger partial charge in [0.1, 0.15) is 0 Å². The van der Waals surface area contributed by atoms with Crippen LogP contribution in [-0.4, -0.2) is 28.9 Å². The zero-order valence-electron chi connectivity index (χ0n) is 12.3. The fraction of sp³-hybridized carbons (Fsp3) is 0.500. The molecule has 1 amide bonds. The van der Waals surface area contributed by atoms with Crippen LogP contribution < -0.4 is 0 Å². The Labute approximate surface area is 123 Å². The van der Waals surface area contributed by atoms with Crippen molar-refractivity contribution in [2.75, 3.05) is 13.1 Å². The Kier molecular flexibility index (Phi) is 3.28. The molecule has 1 aromatic carbocycles. The zero-order valence-corrected chi connectivity index (χ0v) is 13.1. The first-order chi connectivity index (χ1) is 9.45. The molecule has 0 spiro atoms. The number of rotatable bonds is 1. The highest BCUT2D eigenvalue weighted by atomic mass is 32.1. The molecule has 3 rings (SSSR count). The lowest BCUT2D eigenvalue weighted by Crippen LogP contribution is -2.27. The Morgan fingerprint density at radius 2 is 1.95 bits per heavy atom. The summed E-state index contributed by atoms with van der Waals surface area (Å²) in [5, 5.41) is 1.12. The van der Waals surface area contributed by atoms with Crippen molar-refractivity contribution in [3.63, 3.8) is 0 Å². The Bertz CT molecular complexity index is 648. The van der Waals surface area contributed by atoms with E-state index in [9.17, 15) is 4.79 Å². The van der Waals surface area contributed by atoms with Crippen molar-refractivity contribution >= 4 is 27.5 Å². The van der Waals surface area contributed by atoms with E-state index in [0.717, 1.165) is 46.7 Å². The number of amides is 1. The van der Waals surface area contributed by atoms with E-state index in [-0.39, 0.29) is 11.3 Å². The molecule has 1 saturated heterocycles. The fourth-order valence-corrected chi connectivity index (χ4v) is 3.54. The molecule has 2 heterocycles. The van der Waals surface area contributed by atoms with Gasteiger partial charge >= 0.3 is 0 Å². The minimum atomic E-state index is 0.0583. The number of nitrogens with zero attached hydrogens (tertiary/aromatic N) is 2. The van der Waals surface area contributed by atoms with E-state index in [0.29, 0.717) is 0 Å². The second-order valence-corrected chi connectivity index (χ2v) is 7.48. The number of carbonyl (C=O) groups is 1. The van der Waals surface area contributed by atoms with Crippen LogP contribution in [-0.2, 0) is 5.41 Å². The number of aromatic nitrogens is 1. The van der Waals surface area contributed by atoms with Crippen molar-refractivity contribution in [2.45, 2.75) is 39.0 Å². The summed E-state index contributed by atoms with van der Waals surface area (Å²) in [6.07, 6.45) is 2.26. The predicted octanol–water partition coefficient (Wildman–Crippen LogP) is 3.83. The van der Waals surface area contributed by atoms with Crippen LogP contribution in [0.15, 0.2) is 18.2 Å². The molecule has 1 fully saturated rings. The number of benzene rings is 1. The molecule has 4 heteroatoms. The van der Waals surface area contributed by atoms with E-state index in [4.69, 9.17) is 0 Å². The maximum absolute atomic E-state index is 12.4. The van der Waals surface area contributed by atoms with Crippen LogP contribution in [0.4, 0.5) is 0 Å². The summed E-state index contributed by atoms with van der Waals surface area (Å²) in [5.74, 6) is 0.162. The number of fused-ring (bicyclic) bond motifs is 1. The van der Waals surface area contributed by atoms with E-state index >= 15 is 0 Å². The van der Waals surface area contributed by atoms with Crippen LogP contribution in [0.5, 0.6) is 0 Å². The van der Waals surface area contributed by atoms with Crippen molar-refractivity contribution < 1.29 is 4.79 Å². The third kappa shape index (κ3) is 2.44. The summed E-state index contributed by atoms with van der Waals surface area (Å²) in [6, 6.07) is 5.89. The minimum absolute atomic E-state index is 0.0583. The van der Waals surface area contributed by atoms with E-state index in [1.807, 2.05) is 23.1 Å². The van der Waals surface area contributed by atoms with Crippen LogP contribution in [0.3, 0.4) is 0 Å². The summed E-state index contributed by atoms with van der Waals surface area (Å²) in [4.78, 5) is 19.0. The van der Waals surface area contributed by atoms with E-state index in [1.165, 1.54) is 0 Å². The van der Waals surface area contributed by atoms with Crippen molar-refractivity contribution in [1.82, 2.24) is 9.88 Å². The largest absolute Gasteiger partial charge is 0.339 e. The van der Waals surface area contributed by atoms with Crippen molar-refractivity contribution in [2.24, 2.45) is 0 Å². The SMILES string of the molecule is CC(C)(C)c1nc2ccc(C(=O)N3CCCC3)cc2s1. The molecule has 2 aromatic rings. The first-order valence-electron chi connectivity index (χ1n) is 7.15. The topological polar surface area (TPSA) is 33.2 Å². The number of thiazole rings is 1. The molecule has 1 aliphatic heterocycles. The van der Waals surface area contributed by atoms with Crippen LogP contribution in [0, 0.1) is 0 Å². The lowest BCUT2D eigenvalue weighted by Gasteiger charge is -2.14. The molecule has 106 valence electrons. The van der Waals surface area contributed by atoms with Crippen LogP contribution >= 0.6 is 11.3 Å². The first kappa shape index (κ1) is 13.6. The summed E-state index contributed by atoms with van der Waals surface area (Å²) >= 11 is 1.70. The molecule has 0 unspecified atom stereocenters. The van der Waals surface area contributed by atoms with Crippen molar-refractivity contribution in [1.29, 1.82) is 0 Å². The number of likely N-dealkylation sites (tertiary alicyclic amines) is 1. The van der Waals surface area contributed by atoms with Gasteiger partial charge in [-0.2, -0.15) is 0 Å². The Morgan fingerprint density at radius 1 is 1.25 bits per heavy atom. The van der Waals surface area contributed by atoms with Gasteiger partial charge in [-0.15, -0.1) is 11.3 Å². The second-order valence-electron chi connectivity index (χ2n) is 6.45. The van der Waals surface area contributed by atoms with Gasteiger partial charge in [0.05, 0.1) is 15.2 Å². The highest BCUT2D eigenvalue weighted by molar-refractivity contribution is 7.18. The Morgan fingerprint density at radius 3 is 2.60 bits per heavy atom. The van der Waals surface area contributed by atoms with Crippen LogP contribution in [0.1, 0.15) is 49.0 Å². The highest BCUT2D eigenvalue weighted by Crippen LogP contribution is 2.31. The van der Waals surface area contributed by atoms with E-state index in [1.54, 1.807) is 11.3 Å². The minimum Gasteiger partial charge on any atom is -0.339 e. The molecule has 1 aromatic heterocycles. The maximum Gasteiger partial charge on any atom is 0.253 e. The number of hydrogen-bond donors (Lipinski definition) is 0. The molecule has 0 saturated carbocycles. The quantitative estimate of drug-likeness (QED) is 0.799. The first-order valence-corrected chi connectivity index (χ1v) is 7.97. The van der Waals surface area contributed by atoms with Crippen LogP contribution in [0.2, 0.25) is 0 Å². The summed E-state index contributed by atoms with van der Waals surface area (Å²) < 4.78 is 1.11. The van der Waals surface area contributed by atoms with Gasteiger partial charge in [0.2, 0.25) is 0 Å². The standard InChI is InChI=1S/C16H20N2OS/c1-16(2,3)15-17-12-7-6-11(10-13(12)20-15)14(19)18-8-4-5-9-18/h6-7,10H,4-5,8-9H2,1-3H3. The monoisotopic (exact) mass is 288 g/mol. The van der Waals surface area contributed by atoms with Crippen molar-refractivity contribution in [3.05, 3.63) is 28.8 Å².